The average molecular weight is 214 g/mol. The van der Waals surface area contributed by atoms with Gasteiger partial charge in [-0.3, -0.25) is 4.79 Å². The van der Waals surface area contributed by atoms with Crippen molar-refractivity contribution in [3.63, 3.8) is 0 Å². The maximum Gasteiger partial charge on any atom is 0.215 e. The highest BCUT2D eigenvalue weighted by Crippen LogP contribution is 1.86. The quantitative estimate of drug-likeness (QED) is 0.386. The van der Waals surface area contributed by atoms with Gasteiger partial charge in [-0.2, -0.15) is 0 Å². The lowest BCUT2D eigenvalue weighted by Gasteiger charge is -1.70. The second-order valence-electron chi connectivity index (χ2n) is 0.861. The molecule has 0 aliphatic rings. The summed E-state index contributed by atoms with van der Waals surface area (Å²) < 4.78 is 11.0. The summed E-state index contributed by atoms with van der Waals surface area (Å²) in [5.41, 5.74) is 0. The van der Waals surface area contributed by atoms with Gasteiger partial charge in [-0.1, -0.05) is 0 Å². The molecule has 0 heterocycles. The molecule has 0 bridgehead atoms. The highest BCUT2D eigenvalue weighted by Gasteiger charge is 1.79. The molecule has 0 spiro atoms. The summed E-state index contributed by atoms with van der Waals surface area (Å²) >= 11 is 1.57. The van der Waals surface area contributed by atoms with Gasteiger partial charge in [0, 0.05) is 22.6 Å². The minimum absolute atomic E-state index is 0.143. The maximum atomic E-state index is 11.1. The van der Waals surface area contributed by atoms with E-state index in [4.69, 9.17) is 0 Å². The van der Waals surface area contributed by atoms with Gasteiger partial charge in [-0.05, 0) is 12.2 Å². The van der Waals surface area contributed by atoms with Crippen molar-refractivity contribution < 1.29 is 9.18 Å². The van der Waals surface area contributed by atoms with E-state index in [1.54, 1.807) is 22.6 Å². The fraction of sp³-hybridized carbons (Fsp3) is 0.250. The average Bonchev–Trinajstić information content (AvgIpc) is 1.61. The van der Waals surface area contributed by atoms with E-state index in [1.807, 2.05) is 0 Å². The van der Waals surface area contributed by atoms with Gasteiger partial charge in [-0.15, -0.1) is 0 Å². The summed E-state index contributed by atoms with van der Waals surface area (Å²) in [4.78, 5) is 9.94. The van der Waals surface area contributed by atoms with Crippen molar-refractivity contribution in [2.45, 2.75) is 0 Å². The zero-order valence-corrected chi connectivity index (χ0v) is 5.68. The number of hydrogen-bond donors (Lipinski definition) is 0. The van der Waals surface area contributed by atoms with Gasteiger partial charge in [-0.25, -0.2) is 4.39 Å². The normalized spacial score (nSPS) is 10.0. The molecule has 1 nitrogen and oxygen atoms in total. The van der Waals surface area contributed by atoms with Crippen LogP contribution in [0.5, 0.6) is 0 Å². The first-order chi connectivity index (χ1) is 3.27. The van der Waals surface area contributed by atoms with Crippen molar-refractivity contribution in [1.29, 1.82) is 0 Å². The number of hydrogen-bond acceptors (Lipinski definition) is 1. The Kier molecular flexibility index (Phi) is 4.28. The molecule has 7 heavy (non-hydrogen) atoms. The molecule has 0 unspecified atom stereocenters. The van der Waals surface area contributed by atoms with Crippen molar-refractivity contribution in [2.75, 3.05) is 6.67 Å². The van der Waals surface area contributed by atoms with Crippen LogP contribution in [0.15, 0.2) is 12.2 Å². The molecule has 0 N–H and O–H groups in total. The van der Waals surface area contributed by atoms with Crippen LogP contribution in [0.3, 0.4) is 0 Å². The van der Waals surface area contributed by atoms with Gasteiger partial charge >= 0.3 is 0 Å². The Hall–Kier alpha value is 0.0700. The van der Waals surface area contributed by atoms with Gasteiger partial charge in [0.2, 0.25) is 3.79 Å². The molecule has 0 aliphatic carbocycles. The molecule has 0 amide bonds. The zero-order chi connectivity index (χ0) is 5.70. The van der Waals surface area contributed by atoms with E-state index in [-0.39, 0.29) is 3.79 Å². The molecule has 0 saturated heterocycles. The van der Waals surface area contributed by atoms with E-state index < -0.39 is 6.67 Å². The van der Waals surface area contributed by atoms with Crippen LogP contribution in [-0.2, 0) is 4.79 Å². The van der Waals surface area contributed by atoms with Crippen LogP contribution in [0.1, 0.15) is 0 Å². The Morgan fingerprint density at radius 2 is 2.43 bits per heavy atom. The maximum absolute atomic E-state index is 11.1. The van der Waals surface area contributed by atoms with Crippen molar-refractivity contribution in [1.82, 2.24) is 0 Å². The third-order valence-corrected chi connectivity index (χ3v) is 0.698. The van der Waals surface area contributed by atoms with Crippen LogP contribution in [0.4, 0.5) is 4.39 Å². The first-order valence-electron chi connectivity index (χ1n) is 1.69. The van der Waals surface area contributed by atoms with Crippen LogP contribution >= 0.6 is 22.6 Å². The molecular formula is C4H4FIO. The monoisotopic (exact) mass is 214 g/mol. The lowest BCUT2D eigenvalue weighted by molar-refractivity contribution is -0.105. The summed E-state index contributed by atoms with van der Waals surface area (Å²) in [6.07, 6.45) is 2.37. The summed E-state index contributed by atoms with van der Waals surface area (Å²) in [6.45, 7) is -0.561. The number of allylic oxidation sites excluding steroid dienone is 2. The van der Waals surface area contributed by atoms with Crippen molar-refractivity contribution >= 4 is 26.4 Å². The predicted molar refractivity (Wildman–Crippen MR) is 34.1 cm³/mol. The Morgan fingerprint density at radius 3 is 2.57 bits per heavy atom. The number of carbonyl (C=O) groups is 1. The first-order valence-corrected chi connectivity index (χ1v) is 2.77. The van der Waals surface area contributed by atoms with Crippen LogP contribution in [0, 0.1) is 0 Å². The van der Waals surface area contributed by atoms with Crippen molar-refractivity contribution in [2.24, 2.45) is 0 Å². The fourth-order valence-electron chi connectivity index (χ4n) is 0.137. The minimum Gasteiger partial charge on any atom is -0.283 e. The van der Waals surface area contributed by atoms with Gasteiger partial charge in [0.15, 0.2) is 0 Å². The topological polar surface area (TPSA) is 17.1 Å². The SMILES string of the molecule is O=C(I)/C=C/CF. The second-order valence-corrected chi connectivity index (χ2v) is 1.92. The Labute approximate surface area is 54.7 Å². The lowest BCUT2D eigenvalue weighted by atomic mass is 10.6. The van der Waals surface area contributed by atoms with E-state index in [1.165, 1.54) is 12.2 Å². The van der Waals surface area contributed by atoms with Crippen LogP contribution < -0.4 is 0 Å². The smallest absolute Gasteiger partial charge is 0.215 e. The number of alkyl halides is 1. The molecule has 0 saturated carbocycles. The molecule has 40 valence electrons. The van der Waals surface area contributed by atoms with E-state index in [2.05, 4.69) is 0 Å². The molecule has 0 atom stereocenters. The standard InChI is InChI=1S/C4H4FIO/c5-3-1-2-4(6)7/h1-2H,3H2/b2-1+. The lowest BCUT2D eigenvalue weighted by Crippen LogP contribution is -1.72. The molecule has 0 aromatic heterocycles. The second kappa shape index (κ2) is 4.23. The number of halogens is 2. The van der Waals surface area contributed by atoms with E-state index in [0.717, 1.165) is 0 Å². The predicted octanol–water partition coefficient (Wildman–Crippen LogP) is 1.47. The Bertz CT molecular complexity index is 89.7. The summed E-state index contributed by atoms with van der Waals surface area (Å²) in [5, 5.41) is 0. The summed E-state index contributed by atoms with van der Waals surface area (Å²) in [7, 11) is 0. The number of carbonyl (C=O) groups excluding carboxylic acids is 1. The van der Waals surface area contributed by atoms with E-state index in [9.17, 15) is 9.18 Å². The molecule has 0 aromatic rings. The molecule has 0 aromatic carbocycles. The van der Waals surface area contributed by atoms with Gasteiger partial charge < -0.3 is 0 Å². The van der Waals surface area contributed by atoms with Crippen molar-refractivity contribution in [3.05, 3.63) is 12.2 Å². The van der Waals surface area contributed by atoms with Crippen LogP contribution in [0.25, 0.3) is 0 Å². The Balaban J connectivity index is 3.26. The van der Waals surface area contributed by atoms with Gasteiger partial charge in [0.1, 0.15) is 6.67 Å². The molecule has 0 radical (unpaired) electrons. The first kappa shape index (κ1) is 7.07. The summed E-state index contributed by atoms with van der Waals surface area (Å²) in [6, 6.07) is 0. The highest BCUT2D eigenvalue weighted by molar-refractivity contribution is 14.1. The Morgan fingerprint density at radius 1 is 1.86 bits per heavy atom. The van der Waals surface area contributed by atoms with E-state index in [0.29, 0.717) is 0 Å². The zero-order valence-electron chi connectivity index (χ0n) is 3.53. The fourth-order valence-corrected chi connectivity index (χ4v) is 0.391. The molecule has 0 aliphatic heterocycles. The summed E-state index contributed by atoms with van der Waals surface area (Å²) in [5.74, 6) is 0. The van der Waals surface area contributed by atoms with E-state index >= 15 is 0 Å². The van der Waals surface area contributed by atoms with Crippen molar-refractivity contribution in [3.8, 4) is 0 Å². The van der Waals surface area contributed by atoms with Crippen LogP contribution in [0.2, 0.25) is 0 Å². The molecule has 3 heteroatoms. The van der Waals surface area contributed by atoms with Gasteiger partial charge in [0.25, 0.3) is 0 Å². The third-order valence-electron chi connectivity index (χ3n) is 0.338. The third kappa shape index (κ3) is 6.07. The van der Waals surface area contributed by atoms with Crippen LogP contribution in [-0.4, -0.2) is 10.5 Å². The van der Waals surface area contributed by atoms with Gasteiger partial charge in [0.05, 0.1) is 0 Å². The largest absolute Gasteiger partial charge is 0.283 e. The minimum atomic E-state index is -0.561. The molecule has 0 fully saturated rings. The number of rotatable bonds is 2. The molecular weight excluding hydrogens is 210 g/mol. The highest BCUT2D eigenvalue weighted by atomic mass is 127. The molecule has 0 rings (SSSR count).